The molecule has 1 heterocycles. The zero-order chi connectivity index (χ0) is 23.0. The van der Waals surface area contributed by atoms with Crippen LogP contribution in [0, 0.1) is 0 Å². The van der Waals surface area contributed by atoms with E-state index in [-0.39, 0.29) is 17.2 Å². The molecule has 1 aliphatic rings. The van der Waals surface area contributed by atoms with E-state index in [1.165, 1.54) is 39.8 Å². The van der Waals surface area contributed by atoms with Gasteiger partial charge in [-0.2, -0.15) is 0 Å². The average Bonchev–Trinajstić information content (AvgIpc) is 3.09. The predicted molar refractivity (Wildman–Crippen MR) is 115 cm³/mol. The van der Waals surface area contributed by atoms with E-state index >= 15 is 0 Å². The van der Waals surface area contributed by atoms with Gasteiger partial charge in [0.15, 0.2) is 11.5 Å². The van der Waals surface area contributed by atoms with Gasteiger partial charge in [-0.1, -0.05) is 6.07 Å². The fourth-order valence-electron chi connectivity index (χ4n) is 3.32. The summed E-state index contributed by atoms with van der Waals surface area (Å²) in [6.45, 7) is 3.18. The first-order chi connectivity index (χ1) is 14.8. The second kappa shape index (κ2) is 11.6. The number of amides is 2. The van der Waals surface area contributed by atoms with Crippen molar-refractivity contribution in [2.45, 2.75) is 44.5 Å². The van der Waals surface area contributed by atoms with Crippen LogP contribution in [0.25, 0.3) is 0 Å². The summed E-state index contributed by atoms with van der Waals surface area (Å²) in [5.41, 5.74) is 0.870. The maximum absolute atomic E-state index is 12.4. The molecule has 0 saturated carbocycles. The topological polar surface area (TPSA) is 111 Å². The third-order valence-electron chi connectivity index (χ3n) is 4.70. The number of ether oxygens (including phenoxy) is 3. The van der Waals surface area contributed by atoms with Gasteiger partial charge in [0.25, 0.3) is 0 Å². The van der Waals surface area contributed by atoms with E-state index < -0.39 is 18.0 Å². The number of esters is 2. The van der Waals surface area contributed by atoms with Crippen LogP contribution in [0.3, 0.4) is 0 Å². The minimum absolute atomic E-state index is 0.0319. The number of carbonyl (C=O) groups excluding carboxylic acids is 4. The van der Waals surface area contributed by atoms with Crippen LogP contribution in [-0.2, 0) is 23.9 Å². The molecule has 1 saturated heterocycles. The highest BCUT2D eigenvalue weighted by atomic mass is 32.2. The van der Waals surface area contributed by atoms with Crippen LogP contribution in [-0.4, -0.2) is 61.2 Å². The Hall–Kier alpha value is -2.75. The summed E-state index contributed by atoms with van der Waals surface area (Å²) in [7, 11) is 2.77. The maximum Gasteiger partial charge on any atom is 0.328 e. The number of hydrogen-bond acceptors (Lipinski definition) is 8. The van der Waals surface area contributed by atoms with Crippen LogP contribution in [0.4, 0.5) is 0 Å². The summed E-state index contributed by atoms with van der Waals surface area (Å²) in [6.07, 6.45) is 1.73. The second-order valence-corrected chi connectivity index (χ2v) is 8.10. The second-order valence-electron chi connectivity index (χ2n) is 7.03. The Morgan fingerprint density at radius 2 is 1.94 bits per heavy atom. The first-order valence-electron chi connectivity index (χ1n) is 9.89. The molecule has 1 N–H and O–H groups in total. The quantitative estimate of drug-likeness (QED) is 0.326. The van der Waals surface area contributed by atoms with Crippen molar-refractivity contribution in [1.82, 2.24) is 10.2 Å². The van der Waals surface area contributed by atoms with Crippen LogP contribution < -0.4 is 14.8 Å². The lowest BCUT2D eigenvalue weighted by molar-refractivity contribution is -0.145. The Kier molecular flexibility index (Phi) is 9.17. The highest BCUT2D eigenvalue weighted by Gasteiger charge is 2.33. The molecule has 10 heteroatoms. The fourth-order valence-corrected chi connectivity index (χ4v) is 4.52. The molecule has 2 amide bonds. The Morgan fingerprint density at radius 3 is 2.55 bits per heavy atom. The van der Waals surface area contributed by atoms with Gasteiger partial charge in [-0.3, -0.25) is 14.4 Å². The van der Waals surface area contributed by atoms with Gasteiger partial charge < -0.3 is 24.4 Å². The van der Waals surface area contributed by atoms with Gasteiger partial charge in [-0.05, 0) is 37.0 Å². The third kappa shape index (κ3) is 6.88. The lowest BCUT2D eigenvalue weighted by Gasteiger charge is -2.25. The number of benzene rings is 1. The number of thioether (sulfide) groups is 1. The zero-order valence-electron chi connectivity index (χ0n) is 18.1. The van der Waals surface area contributed by atoms with Gasteiger partial charge in [0, 0.05) is 20.4 Å². The molecule has 2 atom stereocenters. The van der Waals surface area contributed by atoms with Gasteiger partial charge in [-0.15, -0.1) is 11.8 Å². The molecule has 0 radical (unpaired) electrons. The van der Waals surface area contributed by atoms with Crippen molar-refractivity contribution in [3.63, 3.8) is 0 Å². The summed E-state index contributed by atoms with van der Waals surface area (Å²) >= 11 is 1.51. The van der Waals surface area contributed by atoms with E-state index in [2.05, 4.69) is 5.32 Å². The summed E-state index contributed by atoms with van der Waals surface area (Å²) in [4.78, 5) is 48.5. The van der Waals surface area contributed by atoms with Crippen molar-refractivity contribution >= 4 is 35.5 Å². The average molecular weight is 453 g/mol. The highest BCUT2D eigenvalue weighted by molar-refractivity contribution is 8.00. The molecule has 1 fully saturated rings. The molecule has 0 aliphatic carbocycles. The van der Waals surface area contributed by atoms with Gasteiger partial charge in [0.05, 0.1) is 20.0 Å². The van der Waals surface area contributed by atoms with E-state index in [1.807, 2.05) is 6.07 Å². The molecular weight excluding hydrogens is 424 g/mol. The van der Waals surface area contributed by atoms with Crippen molar-refractivity contribution < 1.29 is 33.4 Å². The molecule has 0 spiro atoms. The summed E-state index contributed by atoms with van der Waals surface area (Å²) in [5.74, 6) is -0.0779. The molecule has 9 nitrogen and oxygen atoms in total. The van der Waals surface area contributed by atoms with Gasteiger partial charge in [0.2, 0.25) is 11.8 Å². The predicted octanol–water partition coefficient (Wildman–Crippen LogP) is 2.04. The molecule has 1 aliphatic heterocycles. The van der Waals surface area contributed by atoms with Gasteiger partial charge in [-0.25, -0.2) is 4.79 Å². The Balaban J connectivity index is 2.01. The minimum Gasteiger partial charge on any atom is -0.493 e. The largest absolute Gasteiger partial charge is 0.493 e. The first-order valence-corrected chi connectivity index (χ1v) is 10.9. The standard InChI is InChI=1S/C21H28N2O7S/c1-13(24)22-16(21(27)29-4)7-5-6-10-23-19(26)12-31-20(23)15-8-9-17(30-14(2)25)18(11-15)28-3/h8-9,11,16,20H,5-7,10,12H2,1-4H3,(H,22,24). The minimum atomic E-state index is -0.694. The highest BCUT2D eigenvalue weighted by Crippen LogP contribution is 2.41. The van der Waals surface area contributed by atoms with Crippen molar-refractivity contribution in [3.05, 3.63) is 23.8 Å². The zero-order valence-corrected chi connectivity index (χ0v) is 19.0. The number of carbonyl (C=O) groups is 4. The first kappa shape index (κ1) is 24.5. The van der Waals surface area contributed by atoms with Crippen molar-refractivity contribution in [3.8, 4) is 11.5 Å². The van der Waals surface area contributed by atoms with Gasteiger partial charge in [0.1, 0.15) is 11.4 Å². The lowest BCUT2D eigenvalue weighted by atomic mass is 10.1. The number of nitrogens with zero attached hydrogens (tertiary/aromatic N) is 1. The lowest BCUT2D eigenvalue weighted by Crippen LogP contribution is -2.40. The number of nitrogens with one attached hydrogen (secondary N) is 1. The Labute approximate surface area is 185 Å². The smallest absolute Gasteiger partial charge is 0.328 e. The number of hydrogen-bond donors (Lipinski definition) is 1. The Morgan fingerprint density at radius 1 is 1.19 bits per heavy atom. The molecule has 1 aromatic rings. The fraction of sp³-hybridized carbons (Fsp3) is 0.524. The molecule has 0 aromatic heterocycles. The van der Waals surface area contributed by atoms with E-state index in [0.717, 1.165) is 5.56 Å². The van der Waals surface area contributed by atoms with Crippen molar-refractivity contribution in [2.75, 3.05) is 26.5 Å². The van der Waals surface area contributed by atoms with E-state index in [4.69, 9.17) is 14.2 Å². The number of unbranched alkanes of at least 4 members (excludes halogenated alkanes) is 1. The van der Waals surface area contributed by atoms with Crippen molar-refractivity contribution in [2.24, 2.45) is 0 Å². The maximum atomic E-state index is 12.4. The van der Waals surface area contributed by atoms with E-state index in [1.54, 1.807) is 17.0 Å². The van der Waals surface area contributed by atoms with Crippen LogP contribution in [0.1, 0.15) is 44.0 Å². The summed E-state index contributed by atoms with van der Waals surface area (Å²) in [5, 5.41) is 2.40. The third-order valence-corrected chi connectivity index (χ3v) is 5.96. The SMILES string of the molecule is COC(=O)C(CCCCN1C(=O)CSC1c1ccc(OC(C)=O)c(OC)c1)NC(C)=O. The van der Waals surface area contributed by atoms with Crippen LogP contribution >= 0.6 is 11.8 Å². The molecule has 1 aromatic carbocycles. The normalized spacial score (nSPS) is 16.6. The van der Waals surface area contributed by atoms with Crippen molar-refractivity contribution in [1.29, 1.82) is 0 Å². The van der Waals surface area contributed by atoms with E-state index in [0.29, 0.717) is 43.1 Å². The molecule has 31 heavy (non-hydrogen) atoms. The monoisotopic (exact) mass is 452 g/mol. The van der Waals surface area contributed by atoms with E-state index in [9.17, 15) is 19.2 Å². The molecule has 0 bridgehead atoms. The van der Waals surface area contributed by atoms with Crippen LogP contribution in [0.5, 0.6) is 11.5 Å². The number of methoxy groups -OCH3 is 2. The molecular formula is C21H28N2O7S. The summed E-state index contributed by atoms with van der Waals surface area (Å²) in [6, 6.07) is 4.55. The van der Waals surface area contributed by atoms with Gasteiger partial charge >= 0.3 is 11.9 Å². The Bertz CT molecular complexity index is 830. The number of rotatable bonds is 10. The molecule has 2 unspecified atom stereocenters. The summed E-state index contributed by atoms with van der Waals surface area (Å²) < 4.78 is 15.2. The van der Waals surface area contributed by atoms with Crippen LogP contribution in [0.2, 0.25) is 0 Å². The molecule has 170 valence electrons. The van der Waals surface area contributed by atoms with Crippen LogP contribution in [0.15, 0.2) is 18.2 Å². The molecule has 2 rings (SSSR count).